The zero-order valence-corrected chi connectivity index (χ0v) is 20.3. The maximum Gasteiger partial charge on any atom is 0.262 e. The third-order valence-electron chi connectivity index (χ3n) is 5.27. The second kappa shape index (κ2) is 10.7. The zero-order chi connectivity index (χ0) is 24.1. The van der Waals surface area contributed by atoms with Crippen molar-refractivity contribution in [3.8, 4) is 11.5 Å². The molecule has 0 aliphatic carbocycles. The highest BCUT2D eigenvalue weighted by Gasteiger charge is 2.22. The number of hydrogen-bond acceptors (Lipinski definition) is 5. The molecule has 4 rings (SSSR count). The Kier molecular flexibility index (Phi) is 7.45. The van der Waals surface area contributed by atoms with E-state index in [4.69, 9.17) is 21.1 Å². The van der Waals surface area contributed by atoms with Gasteiger partial charge in [0.25, 0.3) is 11.8 Å². The van der Waals surface area contributed by atoms with Crippen molar-refractivity contribution in [2.24, 2.45) is 0 Å². The molecule has 1 aliphatic heterocycles. The Bertz CT molecular complexity index is 1280. The highest BCUT2D eigenvalue weighted by molar-refractivity contribution is 8.04. The van der Waals surface area contributed by atoms with Crippen LogP contribution in [0.15, 0.2) is 70.5 Å². The van der Waals surface area contributed by atoms with E-state index in [-0.39, 0.29) is 11.8 Å². The summed E-state index contributed by atoms with van der Waals surface area (Å²) in [5, 5.41) is 6.37. The minimum Gasteiger partial charge on any atom is -0.493 e. The fourth-order valence-corrected chi connectivity index (χ4v) is 4.61. The first-order valence-corrected chi connectivity index (χ1v) is 11.8. The molecule has 2 N–H and O–H groups in total. The number of carbonyl (C=O) groups excluding carboxylic acids is 2. The lowest BCUT2D eigenvalue weighted by Gasteiger charge is -2.19. The quantitative estimate of drug-likeness (QED) is 0.429. The Morgan fingerprint density at radius 2 is 1.85 bits per heavy atom. The zero-order valence-electron chi connectivity index (χ0n) is 18.7. The number of carbonyl (C=O) groups is 2. The predicted octanol–water partition coefficient (Wildman–Crippen LogP) is 5.42. The van der Waals surface area contributed by atoms with Gasteiger partial charge in [-0.05, 0) is 60.0 Å². The Balaban J connectivity index is 1.40. The molecule has 0 aromatic heterocycles. The van der Waals surface area contributed by atoms with Crippen molar-refractivity contribution < 1.29 is 19.1 Å². The summed E-state index contributed by atoms with van der Waals surface area (Å²) in [6.07, 6.45) is 2.40. The van der Waals surface area contributed by atoms with E-state index in [1.54, 1.807) is 38.5 Å². The molecule has 0 radical (unpaired) electrons. The summed E-state index contributed by atoms with van der Waals surface area (Å²) in [5.74, 6) is 0.870. The number of benzene rings is 3. The lowest BCUT2D eigenvalue weighted by atomic mass is 10.1. The first kappa shape index (κ1) is 23.7. The summed E-state index contributed by atoms with van der Waals surface area (Å²) >= 11 is 7.56. The molecule has 34 heavy (non-hydrogen) atoms. The largest absolute Gasteiger partial charge is 0.493 e. The average molecular weight is 495 g/mol. The summed E-state index contributed by atoms with van der Waals surface area (Å²) in [7, 11) is 3.18. The van der Waals surface area contributed by atoms with Crippen LogP contribution in [0.4, 0.5) is 5.69 Å². The second-order valence-electron chi connectivity index (χ2n) is 7.49. The Morgan fingerprint density at radius 3 is 2.62 bits per heavy atom. The van der Waals surface area contributed by atoms with Crippen molar-refractivity contribution in [2.75, 3.05) is 26.1 Å². The van der Waals surface area contributed by atoms with Gasteiger partial charge in [0.1, 0.15) is 0 Å². The molecule has 0 atom stereocenters. The molecule has 0 saturated carbocycles. The Hall–Kier alpha value is -3.42. The Morgan fingerprint density at radius 1 is 1.06 bits per heavy atom. The van der Waals surface area contributed by atoms with Crippen LogP contribution in [0.5, 0.6) is 11.5 Å². The minimum absolute atomic E-state index is 0.208. The smallest absolute Gasteiger partial charge is 0.262 e. The SMILES string of the molecule is COc1ccc(CCNC(=O)c2ccc3c(c2)NC(=O)C(=Cc2ccccc2Cl)S3)cc1OC. The summed E-state index contributed by atoms with van der Waals surface area (Å²) in [6.45, 7) is 0.456. The van der Waals surface area contributed by atoms with Crippen molar-refractivity contribution in [2.45, 2.75) is 11.3 Å². The van der Waals surface area contributed by atoms with Crippen LogP contribution in [0.1, 0.15) is 21.5 Å². The molecule has 2 amide bonds. The number of methoxy groups -OCH3 is 2. The summed E-state index contributed by atoms with van der Waals surface area (Å²) in [6, 6.07) is 18.3. The number of rotatable bonds is 7. The van der Waals surface area contributed by atoms with Gasteiger partial charge in [0.2, 0.25) is 0 Å². The topological polar surface area (TPSA) is 76.7 Å². The molecule has 1 heterocycles. The van der Waals surface area contributed by atoms with E-state index in [2.05, 4.69) is 10.6 Å². The minimum atomic E-state index is -0.233. The van der Waals surface area contributed by atoms with E-state index in [9.17, 15) is 9.59 Å². The van der Waals surface area contributed by atoms with Gasteiger partial charge < -0.3 is 20.1 Å². The van der Waals surface area contributed by atoms with Gasteiger partial charge in [-0.25, -0.2) is 0 Å². The van der Waals surface area contributed by atoms with Crippen molar-refractivity contribution in [3.63, 3.8) is 0 Å². The average Bonchev–Trinajstić information content (AvgIpc) is 2.85. The van der Waals surface area contributed by atoms with Gasteiger partial charge in [-0.1, -0.05) is 47.6 Å². The van der Waals surface area contributed by atoms with E-state index < -0.39 is 0 Å². The standard InChI is InChI=1S/C26H23ClN2O4S/c1-32-21-9-7-16(13-22(21)33-2)11-12-28-25(30)18-8-10-23-20(14-18)29-26(31)24(34-23)15-17-5-3-4-6-19(17)27/h3-10,13-15H,11-12H2,1-2H3,(H,28,30)(H,29,31). The second-order valence-corrected chi connectivity index (χ2v) is 8.98. The van der Waals surface area contributed by atoms with Crippen LogP contribution >= 0.6 is 23.4 Å². The molecule has 3 aromatic carbocycles. The summed E-state index contributed by atoms with van der Waals surface area (Å²) in [5.41, 5.74) is 2.88. The van der Waals surface area contributed by atoms with Gasteiger partial charge >= 0.3 is 0 Å². The number of ether oxygens (including phenoxy) is 2. The molecule has 8 heteroatoms. The maximum absolute atomic E-state index is 12.7. The lowest BCUT2D eigenvalue weighted by molar-refractivity contribution is -0.112. The monoisotopic (exact) mass is 494 g/mol. The van der Waals surface area contributed by atoms with E-state index in [1.807, 2.05) is 42.5 Å². The molecule has 0 bridgehead atoms. The number of thioether (sulfide) groups is 1. The van der Waals surface area contributed by atoms with E-state index in [0.29, 0.717) is 45.6 Å². The van der Waals surface area contributed by atoms with Crippen LogP contribution in [0.3, 0.4) is 0 Å². The normalized spacial score (nSPS) is 13.7. The molecule has 0 fully saturated rings. The summed E-state index contributed by atoms with van der Waals surface area (Å²) in [4.78, 5) is 26.7. The van der Waals surface area contributed by atoms with Crippen LogP contribution < -0.4 is 20.1 Å². The van der Waals surface area contributed by atoms with Crippen LogP contribution in [0.2, 0.25) is 5.02 Å². The van der Waals surface area contributed by atoms with Gasteiger partial charge in [-0.15, -0.1) is 0 Å². The van der Waals surface area contributed by atoms with Crippen LogP contribution in [0, 0.1) is 0 Å². The van der Waals surface area contributed by atoms with Gasteiger partial charge in [-0.3, -0.25) is 9.59 Å². The molecule has 0 spiro atoms. The fraction of sp³-hybridized carbons (Fsp3) is 0.154. The van der Waals surface area contributed by atoms with E-state index in [1.165, 1.54) is 11.8 Å². The molecule has 3 aromatic rings. The highest BCUT2D eigenvalue weighted by Crippen LogP contribution is 2.39. The molecule has 0 saturated heterocycles. The number of halogens is 1. The molecule has 6 nitrogen and oxygen atoms in total. The number of amides is 2. The van der Waals surface area contributed by atoms with Crippen molar-refractivity contribution in [1.82, 2.24) is 5.32 Å². The Labute approximate surface area is 207 Å². The number of nitrogens with one attached hydrogen (secondary N) is 2. The predicted molar refractivity (Wildman–Crippen MR) is 136 cm³/mol. The number of hydrogen-bond donors (Lipinski definition) is 2. The first-order chi connectivity index (χ1) is 16.5. The maximum atomic E-state index is 12.7. The fourth-order valence-electron chi connectivity index (χ4n) is 3.49. The van der Waals surface area contributed by atoms with Crippen LogP contribution in [-0.4, -0.2) is 32.6 Å². The van der Waals surface area contributed by atoms with Gasteiger partial charge in [0, 0.05) is 22.0 Å². The van der Waals surface area contributed by atoms with Crippen molar-refractivity contribution in [3.05, 3.63) is 87.3 Å². The molecular weight excluding hydrogens is 472 g/mol. The van der Waals surface area contributed by atoms with Crippen molar-refractivity contribution in [1.29, 1.82) is 0 Å². The van der Waals surface area contributed by atoms with Gasteiger partial charge in [-0.2, -0.15) is 0 Å². The number of anilines is 1. The first-order valence-electron chi connectivity index (χ1n) is 10.6. The third kappa shape index (κ3) is 5.38. The van der Waals surface area contributed by atoms with Gasteiger partial charge in [0.05, 0.1) is 24.8 Å². The third-order valence-corrected chi connectivity index (χ3v) is 6.72. The van der Waals surface area contributed by atoms with E-state index in [0.717, 1.165) is 16.0 Å². The molecule has 0 unspecified atom stereocenters. The molecular formula is C26H23ClN2O4S. The lowest BCUT2D eigenvalue weighted by Crippen LogP contribution is -2.26. The highest BCUT2D eigenvalue weighted by atomic mass is 35.5. The van der Waals surface area contributed by atoms with Crippen molar-refractivity contribution >= 4 is 46.9 Å². The molecule has 174 valence electrons. The van der Waals surface area contributed by atoms with E-state index >= 15 is 0 Å². The summed E-state index contributed by atoms with van der Waals surface area (Å²) < 4.78 is 10.6. The van der Waals surface area contributed by atoms with Gasteiger partial charge in [0.15, 0.2) is 11.5 Å². The van der Waals surface area contributed by atoms with Crippen LogP contribution in [0.25, 0.3) is 6.08 Å². The van der Waals surface area contributed by atoms with Crippen LogP contribution in [-0.2, 0) is 11.2 Å². The molecule has 1 aliphatic rings. The number of fused-ring (bicyclic) bond motifs is 1.